The SMILES string of the molecule is Cc1nn(Cc2ccc(C3(C(=O)O)CC3)cc2)c2ccc(C(=O)N[C@@H](C)c3cccc(C(C)C)c3)cc12. The maximum atomic E-state index is 13.1. The molecule has 1 fully saturated rings. The number of carboxylic acids is 1. The number of nitrogens with zero attached hydrogens (tertiary/aromatic N) is 2. The Morgan fingerprint density at radius 1 is 1.00 bits per heavy atom. The van der Waals surface area contributed by atoms with E-state index in [0.717, 1.165) is 33.3 Å². The van der Waals surface area contributed by atoms with E-state index in [1.807, 2.05) is 73.1 Å². The number of aromatic nitrogens is 2. The molecule has 0 aliphatic heterocycles. The van der Waals surface area contributed by atoms with Gasteiger partial charge in [-0.05, 0) is 73.1 Å². The Bertz CT molecular complexity index is 1480. The van der Waals surface area contributed by atoms with E-state index in [4.69, 9.17) is 5.10 Å². The van der Waals surface area contributed by atoms with E-state index < -0.39 is 11.4 Å². The molecule has 0 spiro atoms. The lowest BCUT2D eigenvalue weighted by molar-refractivity contribution is -0.140. The van der Waals surface area contributed by atoms with Gasteiger partial charge < -0.3 is 10.4 Å². The average Bonchev–Trinajstić information content (AvgIpc) is 3.65. The minimum atomic E-state index is -0.743. The van der Waals surface area contributed by atoms with E-state index in [1.165, 1.54) is 5.56 Å². The zero-order chi connectivity index (χ0) is 26.3. The number of carbonyl (C=O) groups is 2. The molecule has 1 atom stereocenters. The smallest absolute Gasteiger partial charge is 0.314 e. The largest absolute Gasteiger partial charge is 0.481 e. The van der Waals surface area contributed by atoms with Crippen LogP contribution in [0.5, 0.6) is 0 Å². The van der Waals surface area contributed by atoms with E-state index in [0.29, 0.717) is 30.9 Å². The van der Waals surface area contributed by atoms with Gasteiger partial charge in [-0.1, -0.05) is 62.4 Å². The Labute approximate surface area is 217 Å². The number of rotatable bonds is 8. The first-order chi connectivity index (χ1) is 17.7. The molecule has 0 saturated heterocycles. The fourth-order valence-corrected chi connectivity index (χ4v) is 5.01. The van der Waals surface area contributed by atoms with Crippen LogP contribution >= 0.6 is 0 Å². The highest BCUT2D eigenvalue weighted by Crippen LogP contribution is 2.48. The summed E-state index contributed by atoms with van der Waals surface area (Å²) in [6.07, 6.45) is 1.40. The number of amides is 1. The fraction of sp³-hybridized carbons (Fsp3) is 0.323. The second kappa shape index (κ2) is 9.51. The molecule has 4 aromatic rings. The van der Waals surface area contributed by atoms with Gasteiger partial charge in [0, 0.05) is 10.9 Å². The predicted molar refractivity (Wildman–Crippen MR) is 145 cm³/mol. The van der Waals surface area contributed by atoms with Gasteiger partial charge in [0.05, 0.1) is 29.2 Å². The van der Waals surface area contributed by atoms with E-state index in [9.17, 15) is 14.7 Å². The second-order valence-electron chi connectivity index (χ2n) is 10.6. The third kappa shape index (κ3) is 4.76. The number of aryl methyl sites for hydroxylation is 1. The Morgan fingerprint density at radius 3 is 2.35 bits per heavy atom. The summed E-state index contributed by atoms with van der Waals surface area (Å²) in [5.41, 5.74) is 5.99. The minimum Gasteiger partial charge on any atom is -0.481 e. The lowest BCUT2D eigenvalue weighted by Gasteiger charge is -2.16. The Hall–Kier alpha value is -3.93. The quantitative estimate of drug-likeness (QED) is 0.308. The van der Waals surface area contributed by atoms with Crippen LogP contribution in [0.15, 0.2) is 66.7 Å². The molecule has 190 valence electrons. The minimum absolute atomic E-state index is 0.107. The number of carbonyl (C=O) groups excluding carboxylic acids is 1. The van der Waals surface area contributed by atoms with Crippen molar-refractivity contribution in [3.8, 4) is 0 Å². The van der Waals surface area contributed by atoms with Crippen LogP contribution in [0.1, 0.15) is 83.9 Å². The molecule has 1 aliphatic rings. The molecule has 0 radical (unpaired) electrons. The molecule has 1 amide bonds. The number of nitrogens with one attached hydrogen (secondary N) is 1. The standard InChI is InChI=1S/C31H33N3O3/c1-19(2)23-6-5-7-24(16-23)20(3)32-29(35)25-10-13-28-27(17-25)21(4)33-34(28)18-22-8-11-26(12-9-22)31(14-15-31)30(36)37/h5-13,16-17,19-20H,14-15,18H2,1-4H3,(H,32,35)(H,36,37)/t20-/m0/s1. The first kappa shape index (κ1) is 24.8. The van der Waals surface area contributed by atoms with Gasteiger partial charge in [0.25, 0.3) is 5.91 Å². The van der Waals surface area contributed by atoms with Crippen molar-refractivity contribution < 1.29 is 14.7 Å². The highest BCUT2D eigenvalue weighted by atomic mass is 16.4. The highest BCUT2D eigenvalue weighted by Gasteiger charge is 2.51. The molecule has 6 nitrogen and oxygen atoms in total. The molecule has 0 bridgehead atoms. The molecule has 1 saturated carbocycles. The first-order valence-electron chi connectivity index (χ1n) is 12.9. The monoisotopic (exact) mass is 495 g/mol. The molecular weight excluding hydrogens is 462 g/mol. The van der Waals surface area contributed by atoms with E-state index in [-0.39, 0.29) is 11.9 Å². The molecule has 3 aromatic carbocycles. The Kier molecular flexibility index (Phi) is 6.36. The van der Waals surface area contributed by atoms with Gasteiger partial charge in [-0.3, -0.25) is 14.3 Å². The van der Waals surface area contributed by atoms with E-state index in [2.05, 4.69) is 31.3 Å². The number of carboxylic acid groups (broad SMARTS) is 1. The summed E-state index contributed by atoms with van der Waals surface area (Å²) in [5, 5.41) is 18.3. The van der Waals surface area contributed by atoms with E-state index >= 15 is 0 Å². The fourth-order valence-electron chi connectivity index (χ4n) is 5.01. The maximum Gasteiger partial charge on any atom is 0.314 e. The van der Waals surface area contributed by atoms with Crippen LogP contribution in [0.25, 0.3) is 10.9 Å². The third-order valence-electron chi connectivity index (χ3n) is 7.62. The number of hydrogen-bond acceptors (Lipinski definition) is 3. The zero-order valence-corrected chi connectivity index (χ0v) is 21.8. The summed E-state index contributed by atoms with van der Waals surface area (Å²) in [6, 6.07) is 21.8. The topological polar surface area (TPSA) is 84.2 Å². The van der Waals surface area contributed by atoms with Crippen LogP contribution < -0.4 is 5.32 Å². The molecule has 1 aromatic heterocycles. The Morgan fingerprint density at radius 2 is 1.70 bits per heavy atom. The molecule has 0 unspecified atom stereocenters. The summed E-state index contributed by atoms with van der Waals surface area (Å²) in [4.78, 5) is 24.7. The highest BCUT2D eigenvalue weighted by molar-refractivity contribution is 5.98. The molecule has 5 rings (SSSR count). The van der Waals surface area contributed by atoms with Gasteiger partial charge in [-0.2, -0.15) is 5.10 Å². The molecule has 2 N–H and O–H groups in total. The van der Waals surface area contributed by atoms with Crippen LogP contribution in [0.4, 0.5) is 0 Å². The number of fused-ring (bicyclic) bond motifs is 1. The van der Waals surface area contributed by atoms with Gasteiger partial charge in [-0.25, -0.2) is 0 Å². The lowest BCUT2D eigenvalue weighted by Crippen LogP contribution is -2.26. The summed E-state index contributed by atoms with van der Waals surface area (Å²) in [7, 11) is 0. The Balaban J connectivity index is 1.32. The van der Waals surface area contributed by atoms with Crippen molar-refractivity contribution in [2.45, 2.75) is 64.5 Å². The summed E-state index contributed by atoms with van der Waals surface area (Å²) < 4.78 is 1.94. The predicted octanol–water partition coefficient (Wildman–Crippen LogP) is 6.12. The van der Waals surface area contributed by atoms with Crippen LogP contribution in [0, 0.1) is 6.92 Å². The van der Waals surface area contributed by atoms with Crippen molar-refractivity contribution in [3.63, 3.8) is 0 Å². The first-order valence-corrected chi connectivity index (χ1v) is 12.9. The molecule has 37 heavy (non-hydrogen) atoms. The van der Waals surface area contributed by atoms with Crippen LogP contribution in [-0.2, 0) is 16.8 Å². The van der Waals surface area contributed by atoms with Crippen molar-refractivity contribution in [2.24, 2.45) is 0 Å². The zero-order valence-electron chi connectivity index (χ0n) is 21.8. The molecule has 6 heteroatoms. The average molecular weight is 496 g/mol. The van der Waals surface area contributed by atoms with Crippen molar-refractivity contribution in [3.05, 3.63) is 100 Å². The maximum absolute atomic E-state index is 13.1. The lowest BCUT2D eigenvalue weighted by atomic mass is 9.95. The van der Waals surface area contributed by atoms with Gasteiger partial charge in [-0.15, -0.1) is 0 Å². The van der Waals surface area contributed by atoms with Crippen molar-refractivity contribution in [1.29, 1.82) is 0 Å². The van der Waals surface area contributed by atoms with Crippen LogP contribution in [0.3, 0.4) is 0 Å². The van der Waals surface area contributed by atoms with Gasteiger partial charge in [0.1, 0.15) is 0 Å². The molecule has 1 heterocycles. The summed E-state index contributed by atoms with van der Waals surface area (Å²) in [6.45, 7) is 8.86. The van der Waals surface area contributed by atoms with Gasteiger partial charge in [0.2, 0.25) is 0 Å². The molecular formula is C31H33N3O3. The molecule has 1 aliphatic carbocycles. The summed E-state index contributed by atoms with van der Waals surface area (Å²) >= 11 is 0. The van der Waals surface area contributed by atoms with Crippen LogP contribution in [0.2, 0.25) is 0 Å². The van der Waals surface area contributed by atoms with Crippen molar-refractivity contribution in [1.82, 2.24) is 15.1 Å². The third-order valence-corrected chi connectivity index (χ3v) is 7.62. The van der Waals surface area contributed by atoms with Gasteiger partial charge in [0.15, 0.2) is 0 Å². The normalized spacial score (nSPS) is 15.1. The van der Waals surface area contributed by atoms with E-state index in [1.54, 1.807) is 0 Å². The second-order valence-corrected chi connectivity index (χ2v) is 10.6. The van der Waals surface area contributed by atoms with Gasteiger partial charge >= 0.3 is 5.97 Å². The number of hydrogen-bond donors (Lipinski definition) is 2. The van der Waals surface area contributed by atoms with Crippen LogP contribution in [-0.4, -0.2) is 26.8 Å². The number of aliphatic carboxylic acids is 1. The van der Waals surface area contributed by atoms with Crippen molar-refractivity contribution in [2.75, 3.05) is 0 Å². The number of benzene rings is 3. The summed E-state index contributed by atoms with van der Waals surface area (Å²) in [5.74, 6) is -0.422. The van der Waals surface area contributed by atoms with Crippen molar-refractivity contribution >= 4 is 22.8 Å².